The van der Waals surface area contributed by atoms with Gasteiger partial charge in [-0.15, -0.1) is 0 Å². The summed E-state index contributed by atoms with van der Waals surface area (Å²) in [5, 5.41) is 0.885. The zero-order valence-electron chi connectivity index (χ0n) is 15.2. The Morgan fingerprint density at radius 1 is 1.14 bits per heavy atom. The zero-order chi connectivity index (χ0) is 20.3. The van der Waals surface area contributed by atoms with Gasteiger partial charge in [-0.3, -0.25) is 4.79 Å². The number of benzene rings is 1. The predicted molar refractivity (Wildman–Crippen MR) is 108 cm³/mol. The van der Waals surface area contributed by atoms with Crippen molar-refractivity contribution in [3.8, 4) is 5.69 Å². The van der Waals surface area contributed by atoms with E-state index in [1.54, 1.807) is 30.3 Å². The smallest absolute Gasteiger partial charge is 0.331 e. The van der Waals surface area contributed by atoms with Gasteiger partial charge in [-0.1, -0.05) is 23.2 Å². The van der Waals surface area contributed by atoms with Gasteiger partial charge in [0.05, 0.1) is 16.3 Å². The number of ketones is 1. The number of aryl methyl sites for hydroxylation is 1. The molecule has 144 valence electrons. The normalized spacial score (nSPS) is 11.1. The van der Waals surface area contributed by atoms with Crippen LogP contribution in [0.3, 0.4) is 0 Å². The molecule has 7 heteroatoms. The SMILES string of the molecule is Cc1cc(C(=O)COC(=O)C=Cc2ccco2)c(C)n1-c1ccc(Cl)c(Cl)c1. The number of aromatic nitrogens is 1. The van der Waals surface area contributed by atoms with Crippen molar-refractivity contribution < 1.29 is 18.7 Å². The summed E-state index contributed by atoms with van der Waals surface area (Å²) >= 11 is 12.1. The average molecular weight is 418 g/mol. The van der Waals surface area contributed by atoms with Crippen LogP contribution < -0.4 is 0 Å². The van der Waals surface area contributed by atoms with Crippen molar-refractivity contribution in [3.05, 3.63) is 81.5 Å². The zero-order valence-corrected chi connectivity index (χ0v) is 16.8. The fourth-order valence-electron chi connectivity index (χ4n) is 2.87. The van der Waals surface area contributed by atoms with Gasteiger partial charge in [-0.25, -0.2) is 4.79 Å². The largest absolute Gasteiger partial charge is 0.465 e. The van der Waals surface area contributed by atoms with Crippen LogP contribution in [0.5, 0.6) is 0 Å². The van der Waals surface area contributed by atoms with Gasteiger partial charge in [-0.05, 0) is 56.3 Å². The van der Waals surface area contributed by atoms with E-state index in [1.165, 1.54) is 18.4 Å². The number of halogens is 2. The van der Waals surface area contributed by atoms with Crippen molar-refractivity contribution in [1.29, 1.82) is 0 Å². The Labute approximate surface area is 172 Å². The van der Waals surface area contributed by atoms with Gasteiger partial charge in [-0.2, -0.15) is 0 Å². The van der Waals surface area contributed by atoms with Crippen LogP contribution in [0.25, 0.3) is 11.8 Å². The van der Waals surface area contributed by atoms with Crippen LogP contribution >= 0.6 is 23.2 Å². The lowest BCUT2D eigenvalue weighted by Gasteiger charge is -2.11. The summed E-state index contributed by atoms with van der Waals surface area (Å²) in [7, 11) is 0. The molecule has 1 aromatic carbocycles. The molecular weight excluding hydrogens is 401 g/mol. The van der Waals surface area contributed by atoms with Crippen LogP contribution in [-0.4, -0.2) is 22.9 Å². The number of esters is 1. The molecule has 0 amide bonds. The molecule has 0 fully saturated rings. The first-order valence-electron chi connectivity index (χ1n) is 8.42. The molecule has 3 aromatic rings. The maximum atomic E-state index is 12.5. The van der Waals surface area contributed by atoms with Gasteiger partial charge in [0, 0.05) is 28.7 Å². The molecular formula is C21H17Cl2NO4. The molecule has 0 saturated heterocycles. The van der Waals surface area contributed by atoms with Crippen molar-refractivity contribution in [2.24, 2.45) is 0 Å². The van der Waals surface area contributed by atoms with Crippen molar-refractivity contribution in [2.45, 2.75) is 13.8 Å². The molecule has 5 nitrogen and oxygen atoms in total. The molecule has 2 aromatic heterocycles. The summed E-state index contributed by atoms with van der Waals surface area (Å²) in [5.41, 5.74) is 2.85. The van der Waals surface area contributed by atoms with Crippen LogP contribution in [0.15, 0.2) is 53.2 Å². The second kappa shape index (κ2) is 8.50. The molecule has 0 N–H and O–H groups in total. The topological polar surface area (TPSA) is 61.4 Å². The monoisotopic (exact) mass is 417 g/mol. The second-order valence-corrected chi connectivity index (χ2v) is 6.91. The number of hydrogen-bond donors (Lipinski definition) is 0. The lowest BCUT2D eigenvalue weighted by Crippen LogP contribution is -2.13. The number of carbonyl (C=O) groups excluding carboxylic acids is 2. The Morgan fingerprint density at radius 3 is 2.61 bits per heavy atom. The van der Waals surface area contributed by atoms with Crippen LogP contribution in [0.4, 0.5) is 0 Å². The standard InChI is InChI=1S/C21H17Cl2NO4/c1-13-10-17(14(2)24(13)15-5-7-18(22)19(23)11-15)20(25)12-28-21(26)8-6-16-4-3-9-27-16/h3-11H,12H2,1-2H3. The third kappa shape index (κ3) is 4.38. The third-order valence-corrected chi connectivity index (χ3v) is 4.90. The number of ether oxygens (including phenoxy) is 1. The summed E-state index contributed by atoms with van der Waals surface area (Å²) in [5.74, 6) is -0.393. The van der Waals surface area contributed by atoms with E-state index in [0.717, 1.165) is 17.1 Å². The maximum absolute atomic E-state index is 12.5. The van der Waals surface area contributed by atoms with E-state index in [9.17, 15) is 9.59 Å². The number of Topliss-reactive ketones (excluding diaryl/α,β-unsaturated/α-hetero) is 1. The van der Waals surface area contributed by atoms with E-state index in [-0.39, 0.29) is 12.4 Å². The first kappa shape index (κ1) is 20.0. The van der Waals surface area contributed by atoms with E-state index < -0.39 is 5.97 Å². The highest BCUT2D eigenvalue weighted by Crippen LogP contribution is 2.27. The molecule has 0 aliphatic carbocycles. The first-order valence-corrected chi connectivity index (χ1v) is 9.18. The van der Waals surface area contributed by atoms with Crippen molar-refractivity contribution in [2.75, 3.05) is 6.61 Å². The number of nitrogens with zero attached hydrogens (tertiary/aromatic N) is 1. The Hall–Kier alpha value is -2.76. The van der Waals surface area contributed by atoms with E-state index in [1.807, 2.05) is 24.5 Å². The highest BCUT2D eigenvalue weighted by molar-refractivity contribution is 6.42. The summed E-state index contributed by atoms with van der Waals surface area (Å²) in [4.78, 5) is 24.3. The maximum Gasteiger partial charge on any atom is 0.331 e. The molecule has 0 atom stereocenters. The third-order valence-electron chi connectivity index (χ3n) is 4.17. The molecule has 0 aliphatic heterocycles. The molecule has 0 saturated carbocycles. The van der Waals surface area contributed by atoms with E-state index in [2.05, 4.69) is 0 Å². The van der Waals surface area contributed by atoms with Crippen molar-refractivity contribution in [3.63, 3.8) is 0 Å². The van der Waals surface area contributed by atoms with Gasteiger partial charge in [0.15, 0.2) is 6.61 Å². The molecule has 0 aliphatic rings. The Morgan fingerprint density at radius 2 is 1.93 bits per heavy atom. The lowest BCUT2D eigenvalue weighted by molar-refractivity contribution is -0.136. The summed E-state index contributed by atoms with van der Waals surface area (Å²) in [6.07, 6.45) is 4.19. The van der Waals surface area contributed by atoms with Crippen LogP contribution in [0, 0.1) is 13.8 Å². The van der Waals surface area contributed by atoms with Gasteiger partial charge in [0.1, 0.15) is 5.76 Å². The number of furan rings is 1. The fraction of sp³-hybridized carbons (Fsp3) is 0.143. The molecule has 3 rings (SSSR count). The van der Waals surface area contributed by atoms with Crippen LogP contribution in [0.2, 0.25) is 10.0 Å². The van der Waals surface area contributed by atoms with Crippen LogP contribution in [0.1, 0.15) is 27.5 Å². The minimum atomic E-state index is -0.622. The molecule has 28 heavy (non-hydrogen) atoms. The van der Waals surface area contributed by atoms with E-state index in [0.29, 0.717) is 21.4 Å². The molecule has 0 spiro atoms. The highest BCUT2D eigenvalue weighted by atomic mass is 35.5. The molecule has 0 unspecified atom stereocenters. The predicted octanol–water partition coefficient (Wildman–Crippen LogP) is 5.43. The Balaban J connectivity index is 1.72. The van der Waals surface area contributed by atoms with Gasteiger partial charge >= 0.3 is 5.97 Å². The Bertz CT molecular complexity index is 1050. The van der Waals surface area contributed by atoms with Crippen molar-refractivity contribution in [1.82, 2.24) is 4.57 Å². The minimum absolute atomic E-state index is 0.292. The van der Waals surface area contributed by atoms with Gasteiger partial charge in [0.25, 0.3) is 0 Å². The average Bonchev–Trinajstić information content (AvgIpc) is 3.28. The van der Waals surface area contributed by atoms with Crippen molar-refractivity contribution >= 4 is 41.0 Å². The number of hydrogen-bond acceptors (Lipinski definition) is 4. The summed E-state index contributed by atoms with van der Waals surface area (Å²) in [6, 6.07) is 10.4. The molecule has 2 heterocycles. The quantitative estimate of drug-likeness (QED) is 0.304. The second-order valence-electron chi connectivity index (χ2n) is 6.10. The summed E-state index contributed by atoms with van der Waals surface area (Å²) < 4.78 is 12.0. The van der Waals surface area contributed by atoms with E-state index >= 15 is 0 Å². The lowest BCUT2D eigenvalue weighted by atomic mass is 10.1. The van der Waals surface area contributed by atoms with Crippen LogP contribution in [-0.2, 0) is 9.53 Å². The van der Waals surface area contributed by atoms with E-state index in [4.69, 9.17) is 32.4 Å². The van der Waals surface area contributed by atoms with Gasteiger partial charge < -0.3 is 13.7 Å². The highest BCUT2D eigenvalue weighted by Gasteiger charge is 2.18. The number of rotatable bonds is 6. The Kier molecular flexibility index (Phi) is 6.07. The number of carbonyl (C=O) groups is 2. The first-order chi connectivity index (χ1) is 13.4. The molecule has 0 radical (unpaired) electrons. The summed E-state index contributed by atoms with van der Waals surface area (Å²) in [6.45, 7) is 3.35. The van der Waals surface area contributed by atoms with Gasteiger partial charge in [0.2, 0.25) is 5.78 Å². The molecule has 0 bridgehead atoms. The minimum Gasteiger partial charge on any atom is -0.465 e. The fourth-order valence-corrected chi connectivity index (χ4v) is 3.16.